The first kappa shape index (κ1) is 16.0. The SMILES string of the molecule is C=Cc1cc[c-]cc1.OB(O)O.[K+]. The zero-order valence-corrected chi connectivity index (χ0v) is 10.6. The molecule has 13 heavy (non-hydrogen) atoms. The van der Waals surface area contributed by atoms with E-state index in [0.717, 1.165) is 5.56 Å². The first-order valence-electron chi connectivity index (χ1n) is 3.29. The maximum atomic E-state index is 7.17. The summed E-state index contributed by atoms with van der Waals surface area (Å²) in [7, 11) is -2.17. The number of hydrogen-bond acceptors (Lipinski definition) is 3. The van der Waals surface area contributed by atoms with Gasteiger partial charge >= 0.3 is 58.7 Å². The maximum absolute atomic E-state index is 7.17. The molecule has 0 radical (unpaired) electrons. The third-order valence-corrected chi connectivity index (χ3v) is 0.980. The van der Waals surface area contributed by atoms with Gasteiger partial charge in [0.15, 0.2) is 0 Å². The molecule has 0 spiro atoms. The van der Waals surface area contributed by atoms with Crippen LogP contribution in [-0.2, 0) is 0 Å². The predicted octanol–water partition coefficient (Wildman–Crippen LogP) is -2.92. The minimum atomic E-state index is -2.17. The second-order valence-corrected chi connectivity index (χ2v) is 1.88. The number of rotatable bonds is 1. The number of benzene rings is 1. The first-order valence-corrected chi connectivity index (χ1v) is 3.29. The Bertz CT molecular complexity index is 213. The van der Waals surface area contributed by atoms with Gasteiger partial charge in [-0.3, -0.25) is 0 Å². The van der Waals surface area contributed by atoms with Crippen LogP contribution in [0.5, 0.6) is 0 Å². The Morgan fingerprint density at radius 3 is 1.85 bits per heavy atom. The molecule has 1 aromatic carbocycles. The average Bonchev–Trinajstić information content (AvgIpc) is 2.05. The Labute approximate surface area is 121 Å². The first-order chi connectivity index (χ1) is 5.66. The Balaban J connectivity index is 0. The predicted molar refractivity (Wildman–Crippen MR) is 47.8 cm³/mol. The van der Waals surface area contributed by atoms with Gasteiger partial charge < -0.3 is 15.1 Å². The van der Waals surface area contributed by atoms with Crippen molar-refractivity contribution in [2.24, 2.45) is 0 Å². The molecular weight excluding hydrogens is 194 g/mol. The smallest absolute Gasteiger partial charge is 0.402 e. The summed E-state index contributed by atoms with van der Waals surface area (Å²) in [5.74, 6) is 0. The van der Waals surface area contributed by atoms with Gasteiger partial charge in [0.2, 0.25) is 0 Å². The van der Waals surface area contributed by atoms with E-state index in [9.17, 15) is 0 Å². The quantitative estimate of drug-likeness (QED) is 0.339. The van der Waals surface area contributed by atoms with E-state index in [0.29, 0.717) is 0 Å². The molecule has 0 aromatic heterocycles. The van der Waals surface area contributed by atoms with Crippen molar-refractivity contribution in [2.75, 3.05) is 0 Å². The molecule has 0 saturated heterocycles. The van der Waals surface area contributed by atoms with Crippen molar-refractivity contribution in [1.82, 2.24) is 0 Å². The average molecular weight is 204 g/mol. The minimum absolute atomic E-state index is 0. The van der Waals surface area contributed by atoms with Gasteiger partial charge in [0, 0.05) is 0 Å². The molecule has 0 aliphatic heterocycles. The van der Waals surface area contributed by atoms with E-state index in [1.165, 1.54) is 0 Å². The molecule has 64 valence electrons. The molecule has 0 bridgehead atoms. The van der Waals surface area contributed by atoms with Crippen LogP contribution in [0.1, 0.15) is 5.56 Å². The van der Waals surface area contributed by atoms with Crippen LogP contribution in [-0.4, -0.2) is 22.4 Å². The summed E-state index contributed by atoms with van der Waals surface area (Å²) in [6, 6.07) is 10.6. The van der Waals surface area contributed by atoms with Gasteiger partial charge in [-0.1, -0.05) is 6.08 Å². The van der Waals surface area contributed by atoms with Crippen LogP contribution in [0.4, 0.5) is 0 Å². The number of hydrogen-bond donors (Lipinski definition) is 3. The standard InChI is InChI=1S/C8H7.BH3O3.K/c1-2-8-6-4-3-5-7-8;2-1(3)4;/h2,4-7H,1H2;2-4H;/q-1;;+1. The Hall–Kier alpha value is 0.541. The van der Waals surface area contributed by atoms with Crippen molar-refractivity contribution in [1.29, 1.82) is 0 Å². The Kier molecular flexibility index (Phi) is 13.1. The second kappa shape index (κ2) is 10.6. The van der Waals surface area contributed by atoms with Crippen LogP contribution >= 0.6 is 0 Å². The fourth-order valence-electron chi connectivity index (χ4n) is 0.536. The topological polar surface area (TPSA) is 60.7 Å². The van der Waals surface area contributed by atoms with Gasteiger partial charge in [-0.05, 0) is 0 Å². The molecule has 1 rings (SSSR count). The molecule has 0 amide bonds. The molecule has 1 aromatic rings. The van der Waals surface area contributed by atoms with Crippen molar-refractivity contribution in [3.05, 3.63) is 42.5 Å². The summed E-state index contributed by atoms with van der Waals surface area (Å²) < 4.78 is 0. The zero-order chi connectivity index (χ0) is 9.40. The van der Waals surface area contributed by atoms with Gasteiger partial charge in [-0.2, -0.15) is 30.3 Å². The summed E-state index contributed by atoms with van der Waals surface area (Å²) in [4.78, 5) is 0. The van der Waals surface area contributed by atoms with E-state index in [4.69, 9.17) is 15.1 Å². The van der Waals surface area contributed by atoms with Crippen molar-refractivity contribution in [2.45, 2.75) is 0 Å². The Morgan fingerprint density at radius 2 is 1.62 bits per heavy atom. The third-order valence-electron chi connectivity index (χ3n) is 0.980. The summed E-state index contributed by atoms with van der Waals surface area (Å²) in [6.45, 7) is 3.62. The van der Waals surface area contributed by atoms with Gasteiger partial charge in [-0.25, -0.2) is 0 Å². The fraction of sp³-hybridized carbons (Fsp3) is 0. The maximum Gasteiger partial charge on any atom is 1.00 e. The summed E-state index contributed by atoms with van der Waals surface area (Å²) >= 11 is 0. The van der Waals surface area contributed by atoms with Crippen molar-refractivity contribution < 1.29 is 66.5 Å². The van der Waals surface area contributed by atoms with Gasteiger partial charge in [0.25, 0.3) is 0 Å². The Morgan fingerprint density at radius 1 is 1.23 bits per heavy atom. The van der Waals surface area contributed by atoms with Crippen LogP contribution < -0.4 is 51.4 Å². The largest absolute Gasteiger partial charge is 1.00 e. The minimum Gasteiger partial charge on any atom is -0.402 e. The molecule has 5 heteroatoms. The van der Waals surface area contributed by atoms with Crippen molar-refractivity contribution in [3.8, 4) is 0 Å². The molecule has 0 atom stereocenters. The molecule has 0 saturated carbocycles. The molecule has 0 fully saturated rings. The van der Waals surface area contributed by atoms with Gasteiger partial charge in [-0.15, -0.1) is 12.1 Å². The summed E-state index contributed by atoms with van der Waals surface area (Å²) in [5, 5.41) is 21.5. The normalized spacial score (nSPS) is 7.31. The molecule has 0 aliphatic rings. The van der Waals surface area contributed by atoms with Gasteiger partial charge in [0.1, 0.15) is 0 Å². The van der Waals surface area contributed by atoms with Crippen LogP contribution in [0.2, 0.25) is 0 Å². The van der Waals surface area contributed by atoms with E-state index in [2.05, 4.69) is 12.6 Å². The van der Waals surface area contributed by atoms with Crippen LogP contribution in [0, 0.1) is 6.07 Å². The van der Waals surface area contributed by atoms with E-state index in [1.807, 2.05) is 30.3 Å². The fourth-order valence-corrected chi connectivity index (χ4v) is 0.536. The van der Waals surface area contributed by atoms with Crippen LogP contribution in [0.15, 0.2) is 30.8 Å². The molecular formula is C8H10BKO3. The van der Waals surface area contributed by atoms with Crippen molar-refractivity contribution in [3.63, 3.8) is 0 Å². The van der Waals surface area contributed by atoms with E-state index >= 15 is 0 Å². The van der Waals surface area contributed by atoms with Crippen molar-refractivity contribution >= 4 is 13.4 Å². The van der Waals surface area contributed by atoms with Crippen LogP contribution in [0.25, 0.3) is 6.08 Å². The van der Waals surface area contributed by atoms with Crippen LogP contribution in [0.3, 0.4) is 0 Å². The summed E-state index contributed by atoms with van der Waals surface area (Å²) in [5.41, 5.74) is 1.14. The third kappa shape index (κ3) is 12.5. The molecule has 3 nitrogen and oxygen atoms in total. The van der Waals surface area contributed by atoms with Gasteiger partial charge in [0.05, 0.1) is 0 Å². The molecule has 0 unspecified atom stereocenters. The van der Waals surface area contributed by atoms with E-state index in [-0.39, 0.29) is 51.4 Å². The monoisotopic (exact) mass is 204 g/mol. The zero-order valence-electron chi connectivity index (χ0n) is 7.51. The summed E-state index contributed by atoms with van der Waals surface area (Å²) in [6.07, 6.45) is 1.81. The van der Waals surface area contributed by atoms with E-state index < -0.39 is 7.32 Å². The molecule has 3 N–H and O–H groups in total. The molecule has 0 heterocycles. The molecule has 0 aliphatic carbocycles. The second-order valence-electron chi connectivity index (χ2n) is 1.88. The van der Waals surface area contributed by atoms with E-state index in [1.54, 1.807) is 0 Å².